The van der Waals surface area contributed by atoms with E-state index >= 15 is 0 Å². The number of anilines is 2. The quantitative estimate of drug-likeness (QED) is 0.393. The van der Waals surface area contributed by atoms with Crippen LogP contribution in [0.2, 0.25) is 5.15 Å². The number of morpholine rings is 1. The first-order valence-corrected chi connectivity index (χ1v) is 14.9. The highest BCUT2D eigenvalue weighted by atomic mass is 35.5. The second kappa shape index (κ2) is 11.5. The van der Waals surface area contributed by atoms with Crippen molar-refractivity contribution in [1.82, 2.24) is 29.3 Å². The summed E-state index contributed by atoms with van der Waals surface area (Å²) in [6, 6.07) is 3.26. The third kappa shape index (κ3) is 5.45. The topological polar surface area (TPSA) is 109 Å². The Kier molecular flexibility index (Phi) is 7.75. The molecule has 3 aliphatic rings. The molecule has 218 valence electrons. The molecule has 2 amide bonds. The predicted octanol–water partition coefficient (Wildman–Crippen LogP) is 2.21. The Morgan fingerprint density at radius 1 is 1.15 bits per heavy atom. The Hall–Kier alpha value is -3.42. The van der Waals surface area contributed by atoms with Crippen LogP contribution in [-0.4, -0.2) is 101 Å². The van der Waals surface area contributed by atoms with Gasteiger partial charge in [-0.1, -0.05) is 22.9 Å². The molecule has 1 unspecified atom stereocenters. The molecule has 3 aliphatic heterocycles. The van der Waals surface area contributed by atoms with Crippen LogP contribution >= 0.6 is 22.9 Å². The minimum Gasteiger partial charge on any atom is -0.481 e. The number of hydrogen-bond acceptors (Lipinski definition) is 10. The van der Waals surface area contributed by atoms with Crippen LogP contribution in [0.5, 0.6) is 5.75 Å². The molecule has 0 spiro atoms. The van der Waals surface area contributed by atoms with Crippen LogP contribution in [-0.2, 0) is 33.8 Å². The predicted molar refractivity (Wildman–Crippen MR) is 155 cm³/mol. The van der Waals surface area contributed by atoms with Crippen LogP contribution in [0.15, 0.2) is 18.3 Å². The second-order valence-electron chi connectivity index (χ2n) is 10.5. The van der Waals surface area contributed by atoms with Crippen molar-refractivity contribution in [2.75, 3.05) is 69.9 Å². The van der Waals surface area contributed by atoms with Crippen molar-refractivity contribution < 1.29 is 19.1 Å². The molecule has 0 bridgehead atoms. The number of carbonyl (C=O) groups is 2. The van der Waals surface area contributed by atoms with Gasteiger partial charge >= 0.3 is 0 Å². The number of nitrogens with zero attached hydrogens (tertiary/aromatic N) is 8. The van der Waals surface area contributed by atoms with Gasteiger partial charge in [0.2, 0.25) is 5.91 Å². The Labute approximate surface area is 247 Å². The second-order valence-corrected chi connectivity index (χ2v) is 11.9. The van der Waals surface area contributed by atoms with Crippen molar-refractivity contribution in [1.29, 1.82) is 0 Å². The lowest BCUT2D eigenvalue weighted by atomic mass is 10.0. The number of ether oxygens (including phenoxy) is 2. The standard InChI is InChI=1S/C27H33ClN8O4S/c1-17(37)34-8-9-35-22(15-34)30-18-6-7-36(25(24(18)35)20-14-29-27(41-20)32(2)3)23(38)16-40-19-4-5-21(31-26(19)28)33-10-12-39-13-11-33/h4-5,14,25H,6-13,15-16H2,1-3H3. The van der Waals surface area contributed by atoms with Crippen molar-refractivity contribution in [2.24, 2.45) is 0 Å². The molecule has 0 radical (unpaired) electrons. The maximum atomic E-state index is 13.8. The summed E-state index contributed by atoms with van der Waals surface area (Å²) in [5.74, 6) is 1.85. The summed E-state index contributed by atoms with van der Waals surface area (Å²) in [6.45, 7) is 6.38. The fourth-order valence-electron chi connectivity index (χ4n) is 5.55. The smallest absolute Gasteiger partial charge is 0.261 e. The summed E-state index contributed by atoms with van der Waals surface area (Å²) >= 11 is 8.02. The Morgan fingerprint density at radius 2 is 1.95 bits per heavy atom. The molecular formula is C27H33ClN8O4S. The molecule has 6 heterocycles. The Morgan fingerprint density at radius 3 is 2.66 bits per heavy atom. The van der Waals surface area contributed by atoms with Gasteiger partial charge in [0.25, 0.3) is 5.91 Å². The summed E-state index contributed by atoms with van der Waals surface area (Å²) in [6.07, 6.45) is 2.46. The molecule has 1 atom stereocenters. The molecule has 0 N–H and O–H groups in total. The normalized spacial score (nSPS) is 18.6. The first-order valence-electron chi connectivity index (χ1n) is 13.7. The zero-order valence-electron chi connectivity index (χ0n) is 23.4. The highest BCUT2D eigenvalue weighted by Gasteiger charge is 2.39. The molecule has 0 saturated carbocycles. The third-order valence-corrected chi connectivity index (χ3v) is 9.15. The monoisotopic (exact) mass is 600 g/mol. The average Bonchev–Trinajstić information content (AvgIpc) is 3.61. The van der Waals surface area contributed by atoms with E-state index in [4.69, 9.17) is 26.1 Å². The van der Waals surface area contributed by atoms with E-state index in [1.807, 2.05) is 36.2 Å². The van der Waals surface area contributed by atoms with Crippen LogP contribution in [0, 0.1) is 0 Å². The van der Waals surface area contributed by atoms with E-state index in [0.29, 0.717) is 51.6 Å². The summed E-state index contributed by atoms with van der Waals surface area (Å²) in [5.41, 5.74) is 1.96. The summed E-state index contributed by atoms with van der Waals surface area (Å²) in [4.78, 5) is 48.5. The van der Waals surface area contributed by atoms with Crippen LogP contribution in [0.1, 0.15) is 35.1 Å². The summed E-state index contributed by atoms with van der Waals surface area (Å²) < 4.78 is 13.5. The van der Waals surface area contributed by atoms with E-state index in [1.54, 1.807) is 29.2 Å². The first kappa shape index (κ1) is 27.7. The number of imidazole rings is 1. The van der Waals surface area contributed by atoms with Gasteiger partial charge < -0.3 is 33.6 Å². The van der Waals surface area contributed by atoms with Gasteiger partial charge in [-0.25, -0.2) is 15.0 Å². The maximum Gasteiger partial charge on any atom is 0.261 e. The van der Waals surface area contributed by atoms with E-state index in [2.05, 4.69) is 19.4 Å². The van der Waals surface area contributed by atoms with Gasteiger partial charge in [0.05, 0.1) is 36.0 Å². The number of aromatic nitrogens is 4. The molecule has 1 fully saturated rings. The molecule has 6 rings (SSSR count). The van der Waals surface area contributed by atoms with Gasteiger partial charge in [-0.15, -0.1) is 0 Å². The number of halogens is 1. The molecule has 14 heteroatoms. The molecular weight excluding hydrogens is 568 g/mol. The van der Waals surface area contributed by atoms with Gasteiger partial charge in [0.15, 0.2) is 22.6 Å². The van der Waals surface area contributed by atoms with E-state index in [0.717, 1.165) is 46.1 Å². The molecule has 41 heavy (non-hydrogen) atoms. The van der Waals surface area contributed by atoms with Crippen LogP contribution in [0.25, 0.3) is 0 Å². The van der Waals surface area contributed by atoms with Crippen LogP contribution in [0.4, 0.5) is 10.9 Å². The van der Waals surface area contributed by atoms with Gasteiger partial charge in [-0.3, -0.25) is 9.59 Å². The highest BCUT2D eigenvalue weighted by molar-refractivity contribution is 7.15. The molecule has 1 saturated heterocycles. The van der Waals surface area contributed by atoms with Crippen molar-refractivity contribution in [2.45, 2.75) is 32.5 Å². The lowest BCUT2D eigenvalue weighted by Gasteiger charge is -2.36. The number of hydrogen-bond donors (Lipinski definition) is 0. The minimum atomic E-state index is -0.358. The van der Waals surface area contributed by atoms with Crippen LogP contribution < -0.4 is 14.5 Å². The van der Waals surface area contributed by atoms with Crippen LogP contribution in [0.3, 0.4) is 0 Å². The lowest BCUT2D eigenvalue weighted by Crippen LogP contribution is -2.44. The summed E-state index contributed by atoms with van der Waals surface area (Å²) in [5, 5.41) is 1.08. The lowest BCUT2D eigenvalue weighted by molar-refractivity contribution is -0.135. The number of carbonyl (C=O) groups excluding carboxylic acids is 2. The molecule has 12 nitrogen and oxygen atoms in total. The van der Waals surface area contributed by atoms with Gasteiger partial charge in [-0.05, 0) is 12.1 Å². The average molecular weight is 601 g/mol. The van der Waals surface area contributed by atoms with Crippen molar-refractivity contribution in [3.8, 4) is 5.75 Å². The Balaban J connectivity index is 1.25. The number of pyridine rings is 1. The van der Waals surface area contributed by atoms with Crippen molar-refractivity contribution in [3.63, 3.8) is 0 Å². The fourth-order valence-corrected chi connectivity index (χ4v) is 6.71. The van der Waals surface area contributed by atoms with E-state index < -0.39 is 0 Å². The van der Waals surface area contributed by atoms with E-state index in [1.165, 1.54) is 0 Å². The molecule has 0 aliphatic carbocycles. The Bertz CT molecular complexity index is 1450. The maximum absolute atomic E-state index is 13.8. The van der Waals surface area contributed by atoms with Gasteiger partial charge in [-0.2, -0.15) is 0 Å². The van der Waals surface area contributed by atoms with E-state index in [9.17, 15) is 9.59 Å². The van der Waals surface area contributed by atoms with Crippen molar-refractivity contribution in [3.05, 3.63) is 45.6 Å². The van der Waals surface area contributed by atoms with E-state index in [-0.39, 0.29) is 29.6 Å². The number of thiazole rings is 1. The number of rotatable bonds is 6. The number of fused-ring (bicyclic) bond motifs is 3. The SMILES string of the molecule is CC(=O)N1CCn2c(nc3c2C(c2cnc(N(C)C)s2)N(C(=O)COc2ccc(N4CCOCC4)nc2Cl)CC3)C1. The van der Waals surface area contributed by atoms with Gasteiger partial charge in [0.1, 0.15) is 17.7 Å². The summed E-state index contributed by atoms with van der Waals surface area (Å²) in [7, 11) is 3.90. The third-order valence-electron chi connectivity index (χ3n) is 7.66. The molecule has 0 aromatic carbocycles. The minimum absolute atomic E-state index is 0.0342. The zero-order valence-corrected chi connectivity index (χ0v) is 24.9. The fraction of sp³-hybridized carbons (Fsp3) is 0.519. The van der Waals surface area contributed by atoms with Gasteiger partial charge in [0, 0.05) is 66.4 Å². The largest absolute Gasteiger partial charge is 0.481 e. The number of amides is 2. The van der Waals surface area contributed by atoms with Crippen molar-refractivity contribution >= 4 is 45.7 Å². The zero-order chi connectivity index (χ0) is 28.7. The molecule has 3 aromatic heterocycles. The molecule has 3 aromatic rings. The highest BCUT2D eigenvalue weighted by Crippen LogP contribution is 2.40. The first-order chi connectivity index (χ1) is 19.8.